The summed E-state index contributed by atoms with van der Waals surface area (Å²) in [5.41, 5.74) is 4.96. The normalized spacial score (nSPS) is 10.6. The summed E-state index contributed by atoms with van der Waals surface area (Å²) < 4.78 is 6.99. The number of benzene rings is 2. The van der Waals surface area contributed by atoms with E-state index in [4.69, 9.17) is 10.5 Å². The number of Topliss-reactive ketones (excluding diaryl/α,β-unsaturated/α-hetero) is 1. The van der Waals surface area contributed by atoms with Crippen LogP contribution in [-0.2, 0) is 23.1 Å². The average molecular weight is 439 g/mol. The molecule has 0 saturated carbocycles. The monoisotopic (exact) mass is 439 g/mol. The largest absolute Gasteiger partial charge is 0.457 e. The number of anilines is 1. The molecule has 0 atom stereocenters. The summed E-state index contributed by atoms with van der Waals surface area (Å²) in [6, 6.07) is 18.3. The van der Waals surface area contributed by atoms with Gasteiger partial charge in [-0.05, 0) is 17.7 Å². The van der Waals surface area contributed by atoms with E-state index in [2.05, 4.69) is 0 Å². The molecule has 31 heavy (non-hydrogen) atoms. The minimum absolute atomic E-state index is 0.0122. The van der Waals surface area contributed by atoms with Gasteiger partial charge in [0, 0.05) is 11.9 Å². The van der Waals surface area contributed by atoms with Gasteiger partial charge in [0.2, 0.25) is 5.78 Å². The quantitative estimate of drug-likeness (QED) is 0.323. The predicted octanol–water partition coefficient (Wildman–Crippen LogP) is 1.70. The predicted molar refractivity (Wildman–Crippen MR) is 118 cm³/mol. The molecule has 9 heteroatoms. The molecule has 0 radical (unpaired) electrons. The Morgan fingerprint density at radius 2 is 1.61 bits per heavy atom. The van der Waals surface area contributed by atoms with Crippen molar-refractivity contribution in [2.45, 2.75) is 11.4 Å². The zero-order valence-electron chi connectivity index (χ0n) is 16.8. The number of aromatic nitrogens is 2. The standard InChI is InChI=1S/C22H21N3O5S/c1-24-21(28)19(20(23)25(22(24)29)12-15-8-4-2-5-9-15)17(26)13-30-18(27)14-31-16-10-6-3-7-11-16/h2-11H,12-14,23H2,1H3. The summed E-state index contributed by atoms with van der Waals surface area (Å²) in [6.45, 7) is -0.551. The number of carbonyl (C=O) groups excluding carboxylic acids is 2. The van der Waals surface area contributed by atoms with Crippen LogP contribution in [0.5, 0.6) is 0 Å². The van der Waals surface area contributed by atoms with Crippen molar-refractivity contribution in [3.05, 3.63) is 92.6 Å². The number of hydrogen-bond donors (Lipinski definition) is 1. The van der Waals surface area contributed by atoms with Crippen LogP contribution in [0.1, 0.15) is 15.9 Å². The summed E-state index contributed by atoms with van der Waals surface area (Å²) in [6.07, 6.45) is 0. The number of hydrogen-bond acceptors (Lipinski definition) is 7. The molecule has 0 amide bonds. The third kappa shape index (κ3) is 5.32. The van der Waals surface area contributed by atoms with E-state index >= 15 is 0 Å². The van der Waals surface area contributed by atoms with E-state index in [0.29, 0.717) is 0 Å². The van der Waals surface area contributed by atoms with Crippen LogP contribution in [0.3, 0.4) is 0 Å². The molecule has 1 heterocycles. The number of nitrogens with two attached hydrogens (primary N) is 1. The molecule has 160 valence electrons. The molecule has 3 rings (SSSR count). The molecule has 0 saturated heterocycles. The number of nitrogen functional groups attached to an aromatic ring is 1. The lowest BCUT2D eigenvalue weighted by molar-refractivity contribution is -0.139. The van der Waals surface area contributed by atoms with Crippen LogP contribution in [0.2, 0.25) is 0 Å². The highest BCUT2D eigenvalue weighted by molar-refractivity contribution is 8.00. The van der Waals surface area contributed by atoms with Crippen LogP contribution in [0.15, 0.2) is 75.1 Å². The van der Waals surface area contributed by atoms with E-state index in [1.54, 1.807) is 24.3 Å². The number of rotatable bonds is 8. The Morgan fingerprint density at radius 1 is 1.00 bits per heavy atom. The van der Waals surface area contributed by atoms with Gasteiger partial charge in [-0.25, -0.2) is 4.79 Å². The van der Waals surface area contributed by atoms with Crippen LogP contribution in [0.25, 0.3) is 0 Å². The smallest absolute Gasteiger partial charge is 0.332 e. The van der Waals surface area contributed by atoms with Crippen LogP contribution >= 0.6 is 11.8 Å². The molecule has 2 aromatic carbocycles. The first-order valence-electron chi connectivity index (χ1n) is 9.38. The Morgan fingerprint density at radius 3 is 2.26 bits per heavy atom. The number of carbonyl (C=O) groups is 2. The maximum absolute atomic E-state index is 12.6. The first kappa shape index (κ1) is 22.1. The third-order valence-corrected chi connectivity index (χ3v) is 5.50. The van der Waals surface area contributed by atoms with E-state index in [9.17, 15) is 19.2 Å². The molecule has 0 fully saturated rings. The van der Waals surface area contributed by atoms with Crippen molar-refractivity contribution >= 4 is 29.3 Å². The van der Waals surface area contributed by atoms with Gasteiger partial charge in [0.1, 0.15) is 11.4 Å². The van der Waals surface area contributed by atoms with Crippen molar-refractivity contribution in [1.29, 1.82) is 0 Å². The Bertz CT molecular complexity index is 1200. The number of nitrogens with zero attached hydrogens (tertiary/aromatic N) is 2. The Labute approximate surface area is 182 Å². The van der Waals surface area contributed by atoms with Crippen LogP contribution in [0, 0.1) is 0 Å². The maximum Gasteiger partial charge on any atom is 0.332 e. The van der Waals surface area contributed by atoms with E-state index in [1.807, 2.05) is 36.4 Å². The van der Waals surface area contributed by atoms with Crippen molar-refractivity contribution in [3.63, 3.8) is 0 Å². The van der Waals surface area contributed by atoms with Gasteiger partial charge in [0.05, 0.1) is 12.3 Å². The highest BCUT2D eigenvalue weighted by Crippen LogP contribution is 2.17. The van der Waals surface area contributed by atoms with Crippen molar-refractivity contribution in [3.8, 4) is 0 Å². The van der Waals surface area contributed by atoms with E-state index in [1.165, 1.54) is 18.8 Å². The second kappa shape index (κ2) is 9.94. The summed E-state index contributed by atoms with van der Waals surface area (Å²) in [5, 5.41) is 0. The third-order valence-electron chi connectivity index (χ3n) is 4.51. The molecule has 0 aliphatic carbocycles. The number of esters is 1. The first-order valence-corrected chi connectivity index (χ1v) is 10.4. The molecule has 1 aromatic heterocycles. The van der Waals surface area contributed by atoms with Crippen LogP contribution in [0.4, 0.5) is 5.82 Å². The summed E-state index contributed by atoms with van der Waals surface area (Å²) >= 11 is 1.27. The molecular weight excluding hydrogens is 418 g/mol. The van der Waals surface area contributed by atoms with Crippen molar-refractivity contribution in [2.24, 2.45) is 7.05 Å². The first-order chi connectivity index (χ1) is 14.9. The lowest BCUT2D eigenvalue weighted by Crippen LogP contribution is -2.43. The molecule has 0 unspecified atom stereocenters. The van der Waals surface area contributed by atoms with Gasteiger partial charge < -0.3 is 10.5 Å². The molecule has 8 nitrogen and oxygen atoms in total. The fraction of sp³-hybridized carbons (Fsp3) is 0.182. The van der Waals surface area contributed by atoms with Crippen molar-refractivity contribution in [1.82, 2.24) is 9.13 Å². The van der Waals surface area contributed by atoms with Crippen LogP contribution in [-0.4, -0.2) is 33.2 Å². The minimum Gasteiger partial charge on any atom is -0.457 e. The summed E-state index contributed by atoms with van der Waals surface area (Å²) in [7, 11) is 1.27. The molecule has 0 aliphatic rings. The maximum atomic E-state index is 12.6. The van der Waals surface area contributed by atoms with Crippen LogP contribution < -0.4 is 17.0 Å². The van der Waals surface area contributed by atoms with Gasteiger partial charge >= 0.3 is 11.7 Å². The summed E-state index contributed by atoms with van der Waals surface area (Å²) in [4.78, 5) is 50.6. The molecule has 2 N–H and O–H groups in total. The highest BCUT2D eigenvalue weighted by Gasteiger charge is 2.22. The van der Waals surface area contributed by atoms with E-state index in [-0.39, 0.29) is 23.7 Å². The topological polar surface area (TPSA) is 113 Å². The zero-order valence-corrected chi connectivity index (χ0v) is 17.6. The Balaban J connectivity index is 1.75. The van der Waals surface area contributed by atoms with Gasteiger partial charge in [0.25, 0.3) is 5.56 Å². The molecular formula is C22H21N3O5S. The van der Waals surface area contributed by atoms with Crippen molar-refractivity contribution in [2.75, 3.05) is 18.1 Å². The number of ether oxygens (including phenoxy) is 1. The summed E-state index contributed by atoms with van der Waals surface area (Å²) in [5.74, 6) is -1.61. The molecule has 3 aromatic rings. The zero-order chi connectivity index (χ0) is 22.4. The van der Waals surface area contributed by atoms with Gasteiger partial charge in [-0.15, -0.1) is 11.8 Å². The van der Waals surface area contributed by atoms with Gasteiger partial charge in [-0.1, -0.05) is 48.5 Å². The highest BCUT2D eigenvalue weighted by atomic mass is 32.2. The lowest BCUT2D eigenvalue weighted by Gasteiger charge is -2.14. The lowest BCUT2D eigenvalue weighted by atomic mass is 10.2. The second-order valence-electron chi connectivity index (χ2n) is 6.66. The molecule has 0 bridgehead atoms. The second-order valence-corrected chi connectivity index (χ2v) is 7.71. The Hall–Kier alpha value is -3.59. The number of ketones is 1. The molecule has 0 spiro atoms. The SMILES string of the molecule is Cn1c(=O)c(C(=O)COC(=O)CSc2ccccc2)c(N)n(Cc2ccccc2)c1=O. The fourth-order valence-corrected chi connectivity index (χ4v) is 3.60. The van der Waals surface area contributed by atoms with Gasteiger partial charge in [-0.2, -0.15) is 0 Å². The average Bonchev–Trinajstić information content (AvgIpc) is 2.79. The van der Waals surface area contributed by atoms with Gasteiger partial charge in [0.15, 0.2) is 6.61 Å². The van der Waals surface area contributed by atoms with E-state index in [0.717, 1.165) is 19.6 Å². The minimum atomic E-state index is -0.827. The Kier molecular flexibility index (Phi) is 7.09. The molecule has 0 aliphatic heterocycles. The van der Waals surface area contributed by atoms with E-state index < -0.39 is 29.6 Å². The van der Waals surface area contributed by atoms with Gasteiger partial charge in [-0.3, -0.25) is 23.5 Å². The number of thioether (sulfide) groups is 1. The fourth-order valence-electron chi connectivity index (χ4n) is 2.88. The van der Waals surface area contributed by atoms with Crippen molar-refractivity contribution < 1.29 is 14.3 Å².